The molecule has 0 aliphatic carbocycles. The number of piperidine rings is 1. The highest BCUT2D eigenvalue weighted by molar-refractivity contribution is 5.85. The molecule has 0 aromatic rings. The Labute approximate surface area is 127 Å². The number of amidine groups is 1. The summed E-state index contributed by atoms with van der Waals surface area (Å²) in [7, 11) is 0. The van der Waals surface area contributed by atoms with E-state index in [0.29, 0.717) is 6.42 Å². The highest BCUT2D eigenvalue weighted by Gasteiger charge is 2.22. The van der Waals surface area contributed by atoms with Gasteiger partial charge in [-0.25, -0.2) is 0 Å². The lowest BCUT2D eigenvalue weighted by atomic mass is 9.86. The molecule has 0 spiro atoms. The standard InChI is InChI=1S/C15H30N4O2/c1-15(2,14(16)18-21)8-6-9-17-10-7-13(20)19-11-4-3-5-12-19/h17,21H,3-12H2,1-2H3,(H2,16,18). The number of nitrogens with one attached hydrogen (secondary N) is 1. The first-order valence-corrected chi connectivity index (χ1v) is 7.94. The molecule has 4 N–H and O–H groups in total. The van der Waals surface area contributed by atoms with Crippen LogP contribution in [0.4, 0.5) is 0 Å². The topological polar surface area (TPSA) is 91.0 Å². The Hall–Kier alpha value is -1.30. The van der Waals surface area contributed by atoms with E-state index in [9.17, 15) is 4.79 Å². The van der Waals surface area contributed by atoms with Crippen molar-refractivity contribution in [1.29, 1.82) is 0 Å². The zero-order valence-electron chi connectivity index (χ0n) is 13.4. The van der Waals surface area contributed by atoms with E-state index < -0.39 is 0 Å². The molecule has 6 heteroatoms. The first kappa shape index (κ1) is 17.8. The van der Waals surface area contributed by atoms with E-state index in [1.807, 2.05) is 18.7 Å². The van der Waals surface area contributed by atoms with Crippen LogP contribution in [-0.2, 0) is 4.79 Å². The van der Waals surface area contributed by atoms with Crippen LogP contribution in [0.2, 0.25) is 0 Å². The summed E-state index contributed by atoms with van der Waals surface area (Å²) in [5.74, 6) is 0.530. The van der Waals surface area contributed by atoms with Gasteiger partial charge >= 0.3 is 0 Å². The second kappa shape index (κ2) is 8.87. The van der Waals surface area contributed by atoms with Gasteiger partial charge in [-0.3, -0.25) is 4.79 Å². The molecule has 0 saturated carbocycles. The van der Waals surface area contributed by atoms with Gasteiger partial charge in [0.1, 0.15) is 5.84 Å². The SMILES string of the molecule is CC(C)(CCCNCCC(=O)N1CCCCC1)C(N)=NO. The minimum absolute atomic E-state index is 0.263. The van der Waals surface area contributed by atoms with E-state index in [1.165, 1.54) is 6.42 Å². The Balaban J connectivity index is 2.08. The number of hydrogen-bond acceptors (Lipinski definition) is 4. The van der Waals surface area contributed by atoms with Gasteiger partial charge in [0.15, 0.2) is 0 Å². The first-order chi connectivity index (χ1) is 9.97. The van der Waals surface area contributed by atoms with Gasteiger partial charge in [-0.15, -0.1) is 0 Å². The number of rotatable bonds is 8. The third-order valence-corrected chi connectivity index (χ3v) is 4.18. The molecule has 0 atom stereocenters. The van der Waals surface area contributed by atoms with Gasteiger partial charge in [0, 0.05) is 31.5 Å². The quantitative estimate of drug-likeness (QED) is 0.208. The van der Waals surface area contributed by atoms with Crippen LogP contribution in [0.1, 0.15) is 52.4 Å². The smallest absolute Gasteiger partial charge is 0.223 e. The maximum atomic E-state index is 11.9. The normalized spacial score (nSPS) is 17.0. The van der Waals surface area contributed by atoms with Gasteiger partial charge in [0.2, 0.25) is 5.91 Å². The third-order valence-electron chi connectivity index (χ3n) is 4.18. The summed E-state index contributed by atoms with van der Waals surface area (Å²) in [5.41, 5.74) is 5.35. The Morgan fingerprint density at radius 2 is 1.95 bits per heavy atom. The van der Waals surface area contributed by atoms with E-state index in [-0.39, 0.29) is 17.2 Å². The van der Waals surface area contributed by atoms with Gasteiger partial charge in [0.25, 0.3) is 0 Å². The molecule has 1 amide bonds. The van der Waals surface area contributed by atoms with Crippen LogP contribution in [0.5, 0.6) is 0 Å². The lowest BCUT2D eigenvalue weighted by Crippen LogP contribution is -2.37. The number of hydrogen-bond donors (Lipinski definition) is 3. The highest BCUT2D eigenvalue weighted by Crippen LogP contribution is 2.21. The second-order valence-electron chi connectivity index (χ2n) is 6.41. The fourth-order valence-electron chi connectivity index (χ4n) is 2.54. The Morgan fingerprint density at radius 1 is 1.29 bits per heavy atom. The molecule has 6 nitrogen and oxygen atoms in total. The van der Waals surface area contributed by atoms with E-state index >= 15 is 0 Å². The number of carbonyl (C=O) groups excluding carboxylic acids is 1. The van der Waals surface area contributed by atoms with Gasteiger partial charge in [-0.1, -0.05) is 19.0 Å². The van der Waals surface area contributed by atoms with Crippen molar-refractivity contribution >= 4 is 11.7 Å². The highest BCUT2D eigenvalue weighted by atomic mass is 16.4. The van der Waals surface area contributed by atoms with E-state index in [0.717, 1.165) is 51.9 Å². The zero-order valence-corrected chi connectivity index (χ0v) is 13.4. The number of oxime groups is 1. The van der Waals surface area contributed by atoms with E-state index in [2.05, 4.69) is 10.5 Å². The van der Waals surface area contributed by atoms with Crippen molar-refractivity contribution < 1.29 is 10.0 Å². The van der Waals surface area contributed by atoms with Crippen molar-refractivity contribution in [3.05, 3.63) is 0 Å². The molecule has 122 valence electrons. The molecule has 0 radical (unpaired) electrons. The van der Waals surface area contributed by atoms with Gasteiger partial charge in [0.05, 0.1) is 0 Å². The van der Waals surface area contributed by atoms with Crippen LogP contribution in [0.15, 0.2) is 5.16 Å². The molecule has 1 rings (SSSR count). The maximum absolute atomic E-state index is 11.9. The lowest BCUT2D eigenvalue weighted by Gasteiger charge is -2.26. The Kier molecular flexibility index (Phi) is 7.50. The largest absolute Gasteiger partial charge is 0.409 e. The average Bonchev–Trinajstić information content (AvgIpc) is 2.50. The van der Waals surface area contributed by atoms with Crippen molar-refractivity contribution in [1.82, 2.24) is 10.2 Å². The molecular weight excluding hydrogens is 268 g/mol. The first-order valence-electron chi connectivity index (χ1n) is 7.94. The predicted molar refractivity (Wildman–Crippen MR) is 84.3 cm³/mol. The van der Waals surface area contributed by atoms with Crippen molar-refractivity contribution in [2.24, 2.45) is 16.3 Å². The molecule has 1 aliphatic heterocycles. The summed E-state index contributed by atoms with van der Waals surface area (Å²) in [6, 6.07) is 0. The fourth-order valence-corrected chi connectivity index (χ4v) is 2.54. The summed E-state index contributed by atoms with van der Waals surface area (Å²) >= 11 is 0. The zero-order chi connectivity index (χ0) is 15.7. The molecule has 1 heterocycles. The van der Waals surface area contributed by atoms with Gasteiger partial charge in [-0.05, 0) is 38.6 Å². The average molecular weight is 298 g/mol. The van der Waals surface area contributed by atoms with Crippen molar-refractivity contribution in [2.45, 2.75) is 52.4 Å². The molecule has 0 aromatic heterocycles. The van der Waals surface area contributed by atoms with Gasteiger partial charge < -0.3 is 21.2 Å². The molecule has 21 heavy (non-hydrogen) atoms. The Bertz CT molecular complexity index is 350. The molecule has 1 fully saturated rings. The molecule has 0 aromatic carbocycles. The summed E-state index contributed by atoms with van der Waals surface area (Å²) in [6.45, 7) is 7.33. The van der Waals surface area contributed by atoms with Crippen LogP contribution in [-0.4, -0.2) is 48.0 Å². The second-order valence-corrected chi connectivity index (χ2v) is 6.41. The molecule has 0 bridgehead atoms. The summed E-state index contributed by atoms with van der Waals surface area (Å²) in [6.07, 6.45) is 5.88. The molecule has 1 aliphatic rings. The summed E-state index contributed by atoms with van der Waals surface area (Å²) in [5, 5.41) is 15.1. The van der Waals surface area contributed by atoms with Crippen LogP contribution in [0.3, 0.4) is 0 Å². The summed E-state index contributed by atoms with van der Waals surface area (Å²) in [4.78, 5) is 13.9. The van der Waals surface area contributed by atoms with Crippen molar-refractivity contribution in [3.8, 4) is 0 Å². The number of nitrogens with two attached hydrogens (primary N) is 1. The third kappa shape index (κ3) is 6.33. The predicted octanol–water partition coefficient (Wildman–Crippen LogP) is 1.53. The van der Waals surface area contributed by atoms with Crippen LogP contribution in [0, 0.1) is 5.41 Å². The van der Waals surface area contributed by atoms with Crippen molar-refractivity contribution in [2.75, 3.05) is 26.2 Å². The monoisotopic (exact) mass is 298 g/mol. The van der Waals surface area contributed by atoms with Crippen molar-refractivity contribution in [3.63, 3.8) is 0 Å². The number of nitrogens with zero attached hydrogens (tertiary/aromatic N) is 2. The molecule has 1 saturated heterocycles. The molecule has 0 unspecified atom stereocenters. The molecular formula is C15H30N4O2. The lowest BCUT2D eigenvalue weighted by molar-refractivity contribution is -0.131. The summed E-state index contributed by atoms with van der Waals surface area (Å²) < 4.78 is 0. The number of amides is 1. The minimum atomic E-state index is -0.292. The van der Waals surface area contributed by atoms with E-state index in [4.69, 9.17) is 10.9 Å². The van der Waals surface area contributed by atoms with Crippen LogP contribution < -0.4 is 11.1 Å². The van der Waals surface area contributed by atoms with E-state index in [1.54, 1.807) is 0 Å². The minimum Gasteiger partial charge on any atom is -0.409 e. The number of carbonyl (C=O) groups is 1. The fraction of sp³-hybridized carbons (Fsp3) is 0.867. The maximum Gasteiger partial charge on any atom is 0.223 e. The number of likely N-dealkylation sites (tertiary alicyclic amines) is 1. The van der Waals surface area contributed by atoms with Crippen LogP contribution >= 0.6 is 0 Å². The van der Waals surface area contributed by atoms with Gasteiger partial charge in [-0.2, -0.15) is 0 Å². The Morgan fingerprint density at radius 3 is 2.57 bits per heavy atom. The van der Waals surface area contributed by atoms with Crippen LogP contribution in [0.25, 0.3) is 0 Å².